The molecule has 0 unspecified atom stereocenters. The van der Waals surface area contributed by atoms with E-state index in [9.17, 15) is 4.79 Å². The van der Waals surface area contributed by atoms with Gasteiger partial charge in [0.25, 0.3) is 0 Å². The summed E-state index contributed by atoms with van der Waals surface area (Å²) in [5.41, 5.74) is 0.897. The fourth-order valence-electron chi connectivity index (χ4n) is 0.828. The van der Waals surface area contributed by atoms with E-state index < -0.39 is 0 Å². The molecule has 1 aromatic rings. The third-order valence-corrected chi connectivity index (χ3v) is 2.12. The molecule has 1 aromatic heterocycles. The lowest BCUT2D eigenvalue weighted by Crippen LogP contribution is -1.90. The third-order valence-electron chi connectivity index (χ3n) is 1.43. The van der Waals surface area contributed by atoms with E-state index >= 15 is 0 Å². The second kappa shape index (κ2) is 4.97. The summed E-state index contributed by atoms with van der Waals surface area (Å²) in [5.74, 6) is 0. The SMILES string of the molecule is O=C=NCCc1cnc(Cl)c(Cl)c1. The maximum Gasteiger partial charge on any atom is 0.234 e. The lowest BCUT2D eigenvalue weighted by molar-refractivity contribution is 0.563. The number of rotatable bonds is 3. The van der Waals surface area contributed by atoms with Crippen LogP contribution >= 0.6 is 23.2 Å². The Morgan fingerprint density at radius 2 is 2.31 bits per heavy atom. The summed E-state index contributed by atoms with van der Waals surface area (Å²) in [4.78, 5) is 17.0. The number of aromatic nitrogens is 1. The number of pyridine rings is 1. The van der Waals surface area contributed by atoms with Crippen LogP contribution < -0.4 is 0 Å². The third kappa shape index (κ3) is 3.15. The van der Waals surface area contributed by atoms with Crippen LogP contribution in [-0.4, -0.2) is 17.6 Å². The van der Waals surface area contributed by atoms with Crippen LogP contribution in [0.1, 0.15) is 5.56 Å². The van der Waals surface area contributed by atoms with Gasteiger partial charge in [-0.3, -0.25) is 0 Å². The lowest BCUT2D eigenvalue weighted by atomic mass is 10.2. The van der Waals surface area contributed by atoms with Crippen molar-refractivity contribution in [2.45, 2.75) is 6.42 Å². The molecule has 0 aliphatic rings. The Hall–Kier alpha value is -0.890. The van der Waals surface area contributed by atoms with E-state index in [-0.39, 0.29) is 5.15 Å². The Morgan fingerprint density at radius 1 is 1.54 bits per heavy atom. The van der Waals surface area contributed by atoms with Crippen LogP contribution in [0.5, 0.6) is 0 Å². The number of carbonyl (C=O) groups excluding carboxylic acids is 1. The van der Waals surface area contributed by atoms with Gasteiger partial charge in [0, 0.05) is 6.20 Å². The number of nitrogens with zero attached hydrogens (tertiary/aromatic N) is 2. The lowest BCUT2D eigenvalue weighted by Gasteiger charge is -1.98. The van der Waals surface area contributed by atoms with E-state index in [0.717, 1.165) is 5.56 Å². The molecule has 0 fully saturated rings. The van der Waals surface area contributed by atoms with Crippen molar-refractivity contribution in [3.05, 3.63) is 28.0 Å². The molecule has 0 spiro atoms. The zero-order valence-electron chi connectivity index (χ0n) is 6.63. The quantitative estimate of drug-likeness (QED) is 0.442. The van der Waals surface area contributed by atoms with Crippen LogP contribution in [0, 0.1) is 0 Å². The predicted molar refractivity (Wildman–Crippen MR) is 50.9 cm³/mol. The van der Waals surface area contributed by atoms with Gasteiger partial charge in [-0.2, -0.15) is 0 Å². The van der Waals surface area contributed by atoms with Crippen LogP contribution in [-0.2, 0) is 11.2 Å². The second-order valence-corrected chi connectivity index (χ2v) is 3.10. The molecule has 0 saturated carbocycles. The van der Waals surface area contributed by atoms with Crippen molar-refractivity contribution in [3.8, 4) is 0 Å². The molecule has 0 amide bonds. The molecule has 0 aliphatic heterocycles. The molecule has 0 bridgehead atoms. The molecule has 13 heavy (non-hydrogen) atoms. The molecular weight excluding hydrogens is 211 g/mol. The Balaban J connectivity index is 2.68. The highest BCUT2D eigenvalue weighted by molar-refractivity contribution is 6.41. The molecule has 3 nitrogen and oxygen atoms in total. The summed E-state index contributed by atoms with van der Waals surface area (Å²) in [5, 5.41) is 0.693. The number of isocyanates is 1. The maximum atomic E-state index is 9.76. The van der Waals surface area contributed by atoms with Gasteiger partial charge in [0.05, 0.1) is 11.6 Å². The van der Waals surface area contributed by atoms with E-state index in [1.54, 1.807) is 12.3 Å². The Bertz CT molecular complexity index is 348. The average molecular weight is 217 g/mol. The van der Waals surface area contributed by atoms with Crippen molar-refractivity contribution in [2.24, 2.45) is 4.99 Å². The van der Waals surface area contributed by atoms with Crippen molar-refractivity contribution < 1.29 is 4.79 Å². The van der Waals surface area contributed by atoms with Gasteiger partial charge < -0.3 is 0 Å². The monoisotopic (exact) mass is 216 g/mol. The summed E-state index contributed by atoms with van der Waals surface area (Å²) >= 11 is 11.3. The Kier molecular flexibility index (Phi) is 3.90. The first-order valence-corrected chi connectivity index (χ1v) is 4.33. The van der Waals surface area contributed by atoms with Crippen LogP contribution in [0.4, 0.5) is 0 Å². The number of hydrogen-bond donors (Lipinski definition) is 0. The normalized spacial score (nSPS) is 9.38. The summed E-state index contributed by atoms with van der Waals surface area (Å²) in [6.45, 7) is 0.392. The highest BCUT2D eigenvalue weighted by atomic mass is 35.5. The zero-order chi connectivity index (χ0) is 9.68. The first-order chi connectivity index (χ1) is 6.24. The highest BCUT2D eigenvalue weighted by Gasteiger charge is 1.99. The number of aliphatic imine (C=N–C) groups is 1. The Labute approximate surface area is 85.4 Å². The predicted octanol–water partition coefficient (Wildman–Crippen LogP) is 2.27. The molecule has 1 rings (SSSR count). The molecule has 0 N–H and O–H groups in total. The maximum absolute atomic E-state index is 9.76. The van der Waals surface area contributed by atoms with Gasteiger partial charge in [-0.1, -0.05) is 23.2 Å². The van der Waals surface area contributed by atoms with Gasteiger partial charge in [0.1, 0.15) is 5.15 Å². The highest BCUT2D eigenvalue weighted by Crippen LogP contribution is 2.19. The van der Waals surface area contributed by atoms with Crippen molar-refractivity contribution in [1.29, 1.82) is 0 Å². The van der Waals surface area contributed by atoms with Gasteiger partial charge in [-0.15, -0.1) is 0 Å². The van der Waals surface area contributed by atoms with Crippen LogP contribution in [0.25, 0.3) is 0 Å². The van der Waals surface area contributed by atoms with Crippen molar-refractivity contribution >= 4 is 29.3 Å². The molecule has 68 valence electrons. The summed E-state index contributed by atoms with van der Waals surface area (Å²) in [6.07, 6.45) is 3.68. The largest absolute Gasteiger partial charge is 0.243 e. The topological polar surface area (TPSA) is 42.3 Å². The molecular formula is C8H6Cl2N2O. The van der Waals surface area contributed by atoms with Crippen molar-refractivity contribution in [3.63, 3.8) is 0 Å². The van der Waals surface area contributed by atoms with Gasteiger partial charge in [0.2, 0.25) is 6.08 Å². The number of halogens is 2. The smallest absolute Gasteiger partial charge is 0.234 e. The molecule has 5 heteroatoms. The Morgan fingerprint density at radius 3 is 2.92 bits per heavy atom. The molecule has 0 radical (unpaired) electrons. The van der Waals surface area contributed by atoms with E-state index in [1.807, 2.05) is 0 Å². The minimum Gasteiger partial charge on any atom is -0.243 e. The molecule has 0 saturated heterocycles. The second-order valence-electron chi connectivity index (χ2n) is 2.34. The minimum absolute atomic E-state index is 0.282. The van der Waals surface area contributed by atoms with E-state index in [0.29, 0.717) is 18.0 Å². The van der Waals surface area contributed by atoms with E-state index in [2.05, 4.69) is 9.98 Å². The summed E-state index contributed by atoms with van der Waals surface area (Å²) < 4.78 is 0. The number of hydrogen-bond acceptors (Lipinski definition) is 3. The molecule has 1 heterocycles. The van der Waals surface area contributed by atoms with Gasteiger partial charge >= 0.3 is 0 Å². The molecule has 0 atom stereocenters. The van der Waals surface area contributed by atoms with E-state index in [1.165, 1.54) is 6.08 Å². The van der Waals surface area contributed by atoms with E-state index in [4.69, 9.17) is 23.2 Å². The van der Waals surface area contributed by atoms with Crippen molar-refractivity contribution in [2.75, 3.05) is 6.54 Å². The fourth-order valence-corrected chi connectivity index (χ4v) is 1.12. The minimum atomic E-state index is 0.282. The first kappa shape index (κ1) is 10.2. The van der Waals surface area contributed by atoms with Gasteiger partial charge in [-0.05, 0) is 18.1 Å². The van der Waals surface area contributed by atoms with Crippen molar-refractivity contribution in [1.82, 2.24) is 4.98 Å². The van der Waals surface area contributed by atoms with Crippen LogP contribution in [0.15, 0.2) is 17.3 Å². The molecule has 0 aromatic carbocycles. The fraction of sp³-hybridized carbons (Fsp3) is 0.250. The van der Waals surface area contributed by atoms with Crippen LogP contribution in [0.3, 0.4) is 0 Å². The van der Waals surface area contributed by atoms with Crippen LogP contribution in [0.2, 0.25) is 10.2 Å². The first-order valence-electron chi connectivity index (χ1n) is 3.57. The van der Waals surface area contributed by atoms with Gasteiger partial charge in [-0.25, -0.2) is 14.8 Å². The average Bonchev–Trinajstić information content (AvgIpc) is 2.12. The summed E-state index contributed by atoms with van der Waals surface area (Å²) in [7, 11) is 0. The standard InChI is InChI=1S/C8H6Cl2N2O/c9-7-3-6(1-2-11-5-13)4-12-8(7)10/h3-4H,1-2H2. The summed E-state index contributed by atoms with van der Waals surface area (Å²) in [6, 6.07) is 1.71. The zero-order valence-corrected chi connectivity index (χ0v) is 8.14. The van der Waals surface area contributed by atoms with Gasteiger partial charge in [0.15, 0.2) is 0 Å². The molecule has 0 aliphatic carbocycles.